The van der Waals surface area contributed by atoms with Crippen molar-refractivity contribution in [2.75, 3.05) is 46.0 Å². The largest absolute Gasteiger partial charge is 0.467 e. The number of nitrogens with zero attached hydrogens (tertiary/aromatic N) is 2. The highest BCUT2D eigenvalue weighted by molar-refractivity contribution is 5.98. The third-order valence-corrected chi connectivity index (χ3v) is 4.89. The van der Waals surface area contributed by atoms with Crippen molar-refractivity contribution in [1.82, 2.24) is 9.80 Å². The van der Waals surface area contributed by atoms with Gasteiger partial charge < -0.3 is 23.7 Å². The molecule has 27 heavy (non-hydrogen) atoms. The average molecular weight is 370 g/mol. The van der Waals surface area contributed by atoms with E-state index >= 15 is 0 Å². The second-order valence-corrected chi connectivity index (χ2v) is 6.61. The minimum Gasteiger partial charge on any atom is -0.467 e. The zero-order chi connectivity index (χ0) is 18.6. The molecule has 0 N–H and O–H groups in total. The fourth-order valence-corrected chi connectivity index (χ4v) is 3.37. The molecule has 2 aliphatic heterocycles. The standard InChI is InChI=1S/C20H22N2O5/c23-19(21-7-11-25-12-8-21)15-3-5-16(6-4-15)20(24)22-9-13-27-18(14-22)17-2-1-10-26-17/h1-6,10,18H,7-9,11-14H2. The fourth-order valence-electron chi connectivity index (χ4n) is 3.37. The zero-order valence-corrected chi connectivity index (χ0v) is 15.0. The van der Waals surface area contributed by atoms with Crippen LogP contribution in [0.25, 0.3) is 0 Å². The molecule has 0 bridgehead atoms. The van der Waals surface area contributed by atoms with E-state index in [0.29, 0.717) is 57.1 Å². The van der Waals surface area contributed by atoms with Gasteiger partial charge in [-0.3, -0.25) is 9.59 Å². The molecular formula is C20H22N2O5. The molecule has 142 valence electrons. The van der Waals surface area contributed by atoms with Crippen LogP contribution in [0, 0.1) is 0 Å². The smallest absolute Gasteiger partial charge is 0.254 e. The summed E-state index contributed by atoms with van der Waals surface area (Å²) >= 11 is 0. The molecule has 0 radical (unpaired) electrons. The maximum Gasteiger partial charge on any atom is 0.254 e. The molecule has 1 atom stereocenters. The number of hydrogen-bond donors (Lipinski definition) is 0. The summed E-state index contributed by atoms with van der Waals surface area (Å²) in [6.07, 6.45) is 1.35. The van der Waals surface area contributed by atoms with Crippen molar-refractivity contribution in [2.24, 2.45) is 0 Å². The van der Waals surface area contributed by atoms with Crippen LogP contribution < -0.4 is 0 Å². The van der Waals surface area contributed by atoms with E-state index in [1.54, 1.807) is 40.3 Å². The third kappa shape index (κ3) is 3.89. The van der Waals surface area contributed by atoms with E-state index < -0.39 is 0 Å². The number of carbonyl (C=O) groups is 2. The van der Waals surface area contributed by atoms with E-state index in [1.165, 1.54) is 0 Å². The third-order valence-electron chi connectivity index (χ3n) is 4.89. The summed E-state index contributed by atoms with van der Waals surface area (Å²) in [5, 5.41) is 0. The minimum atomic E-state index is -0.250. The summed E-state index contributed by atoms with van der Waals surface area (Å²) in [7, 11) is 0. The van der Waals surface area contributed by atoms with Crippen molar-refractivity contribution < 1.29 is 23.5 Å². The lowest BCUT2D eigenvalue weighted by Crippen LogP contribution is -2.42. The topological polar surface area (TPSA) is 72.2 Å². The predicted octanol–water partition coefficient (Wildman–Crippen LogP) is 1.97. The Morgan fingerprint density at radius 3 is 2.11 bits per heavy atom. The van der Waals surface area contributed by atoms with Gasteiger partial charge in [-0.2, -0.15) is 0 Å². The molecule has 7 nitrogen and oxygen atoms in total. The summed E-state index contributed by atoms with van der Waals surface area (Å²) in [6.45, 7) is 3.77. The molecule has 1 aromatic heterocycles. The van der Waals surface area contributed by atoms with Crippen molar-refractivity contribution in [3.8, 4) is 0 Å². The molecule has 2 aliphatic rings. The molecule has 2 saturated heterocycles. The van der Waals surface area contributed by atoms with Gasteiger partial charge in [-0.25, -0.2) is 0 Å². The van der Waals surface area contributed by atoms with E-state index in [0.717, 1.165) is 5.76 Å². The van der Waals surface area contributed by atoms with Crippen molar-refractivity contribution >= 4 is 11.8 Å². The molecule has 2 fully saturated rings. The number of ether oxygens (including phenoxy) is 2. The molecule has 0 saturated carbocycles. The first-order chi connectivity index (χ1) is 13.2. The summed E-state index contributed by atoms with van der Waals surface area (Å²) in [6, 6.07) is 10.5. The van der Waals surface area contributed by atoms with Gasteiger partial charge in [-0.1, -0.05) is 0 Å². The van der Waals surface area contributed by atoms with Gasteiger partial charge in [0.1, 0.15) is 11.9 Å². The molecule has 0 spiro atoms. The number of hydrogen-bond acceptors (Lipinski definition) is 5. The van der Waals surface area contributed by atoms with Gasteiger partial charge in [0.05, 0.1) is 32.6 Å². The lowest BCUT2D eigenvalue weighted by molar-refractivity contribution is -0.0321. The van der Waals surface area contributed by atoms with Gasteiger partial charge in [0.2, 0.25) is 0 Å². The number of amides is 2. The quantitative estimate of drug-likeness (QED) is 0.826. The Labute approximate surface area is 157 Å². The Bertz CT molecular complexity index is 781. The molecule has 1 aromatic carbocycles. The fraction of sp³-hybridized carbons (Fsp3) is 0.400. The number of carbonyl (C=O) groups excluding carboxylic acids is 2. The summed E-state index contributed by atoms with van der Waals surface area (Å²) in [5.74, 6) is 0.626. The lowest BCUT2D eigenvalue weighted by Gasteiger charge is -2.32. The van der Waals surface area contributed by atoms with Crippen molar-refractivity contribution in [1.29, 1.82) is 0 Å². The number of rotatable bonds is 3. The van der Waals surface area contributed by atoms with E-state index in [2.05, 4.69) is 0 Å². The van der Waals surface area contributed by atoms with Gasteiger partial charge in [0.15, 0.2) is 0 Å². The van der Waals surface area contributed by atoms with E-state index in [1.807, 2.05) is 12.1 Å². The van der Waals surface area contributed by atoms with Crippen molar-refractivity contribution in [3.05, 3.63) is 59.5 Å². The van der Waals surface area contributed by atoms with Crippen LogP contribution in [-0.4, -0.2) is 67.6 Å². The summed E-state index contributed by atoms with van der Waals surface area (Å²) in [4.78, 5) is 28.9. The summed E-state index contributed by atoms with van der Waals surface area (Å²) in [5.41, 5.74) is 1.15. The van der Waals surface area contributed by atoms with Crippen LogP contribution in [-0.2, 0) is 9.47 Å². The summed E-state index contributed by atoms with van der Waals surface area (Å²) < 4.78 is 16.4. The molecule has 4 rings (SSSR count). The van der Waals surface area contributed by atoms with Crippen LogP contribution in [0.15, 0.2) is 47.1 Å². The molecule has 3 heterocycles. The molecule has 7 heteroatoms. The predicted molar refractivity (Wildman–Crippen MR) is 96.5 cm³/mol. The van der Waals surface area contributed by atoms with E-state index in [4.69, 9.17) is 13.9 Å². The number of furan rings is 1. The SMILES string of the molecule is O=C(c1ccc(C(=O)N2CCOC(c3ccco3)C2)cc1)N1CCOCC1. The Kier molecular flexibility index (Phi) is 5.22. The van der Waals surface area contributed by atoms with Crippen LogP contribution in [0.1, 0.15) is 32.6 Å². The second kappa shape index (κ2) is 7.94. The van der Waals surface area contributed by atoms with Crippen molar-refractivity contribution in [2.45, 2.75) is 6.10 Å². The Morgan fingerprint density at radius 1 is 0.852 bits per heavy atom. The van der Waals surface area contributed by atoms with Gasteiger partial charge in [-0.15, -0.1) is 0 Å². The molecule has 2 aromatic rings. The van der Waals surface area contributed by atoms with Gasteiger partial charge >= 0.3 is 0 Å². The Balaban J connectivity index is 1.42. The van der Waals surface area contributed by atoms with Crippen LogP contribution in [0.5, 0.6) is 0 Å². The molecule has 2 amide bonds. The van der Waals surface area contributed by atoms with Crippen LogP contribution in [0.2, 0.25) is 0 Å². The number of benzene rings is 1. The van der Waals surface area contributed by atoms with Crippen molar-refractivity contribution in [3.63, 3.8) is 0 Å². The van der Waals surface area contributed by atoms with Crippen LogP contribution >= 0.6 is 0 Å². The maximum absolute atomic E-state index is 12.8. The average Bonchev–Trinajstić information content (AvgIpc) is 3.29. The van der Waals surface area contributed by atoms with Gasteiger partial charge in [-0.05, 0) is 36.4 Å². The van der Waals surface area contributed by atoms with Gasteiger partial charge in [0, 0.05) is 30.8 Å². The van der Waals surface area contributed by atoms with Crippen LogP contribution in [0.3, 0.4) is 0 Å². The highest BCUT2D eigenvalue weighted by Gasteiger charge is 2.28. The first-order valence-electron chi connectivity index (χ1n) is 9.14. The lowest BCUT2D eigenvalue weighted by atomic mass is 10.1. The molecule has 0 aliphatic carbocycles. The highest BCUT2D eigenvalue weighted by atomic mass is 16.5. The maximum atomic E-state index is 12.8. The van der Waals surface area contributed by atoms with Gasteiger partial charge in [0.25, 0.3) is 11.8 Å². The monoisotopic (exact) mass is 370 g/mol. The molecular weight excluding hydrogens is 348 g/mol. The Morgan fingerprint density at radius 2 is 1.48 bits per heavy atom. The highest BCUT2D eigenvalue weighted by Crippen LogP contribution is 2.23. The Hall–Kier alpha value is -2.64. The second-order valence-electron chi connectivity index (χ2n) is 6.61. The zero-order valence-electron chi connectivity index (χ0n) is 15.0. The first kappa shape index (κ1) is 17.8. The first-order valence-corrected chi connectivity index (χ1v) is 9.14. The van der Waals surface area contributed by atoms with Crippen LogP contribution in [0.4, 0.5) is 0 Å². The van der Waals surface area contributed by atoms with E-state index in [9.17, 15) is 9.59 Å². The normalized spacial score (nSPS) is 20.5. The minimum absolute atomic E-state index is 0.0263. The number of morpholine rings is 2. The molecule has 1 unspecified atom stereocenters. The van der Waals surface area contributed by atoms with E-state index in [-0.39, 0.29) is 17.9 Å².